The summed E-state index contributed by atoms with van der Waals surface area (Å²) in [6.45, 7) is 3.58. The maximum Gasteiger partial charge on any atom is 0.413 e. The van der Waals surface area contributed by atoms with Crippen LogP contribution in [0.25, 0.3) is 0 Å². The molecule has 0 rings (SSSR count). The lowest BCUT2D eigenvalue weighted by Gasteiger charge is -2.09. The number of alkyl halides is 3. The van der Waals surface area contributed by atoms with Crippen LogP contribution in [0.1, 0.15) is 20.8 Å². The van der Waals surface area contributed by atoms with Gasteiger partial charge >= 0.3 is 6.18 Å². The first-order chi connectivity index (χ1) is 5.80. The van der Waals surface area contributed by atoms with Crippen LogP contribution in [0.15, 0.2) is 23.3 Å². The zero-order chi connectivity index (χ0) is 10.6. The fourth-order valence-corrected chi connectivity index (χ4v) is 0.826. The summed E-state index contributed by atoms with van der Waals surface area (Å²) >= 11 is 0. The highest BCUT2D eigenvalue weighted by Crippen LogP contribution is 2.28. The van der Waals surface area contributed by atoms with Crippen LogP contribution in [0.3, 0.4) is 0 Å². The lowest BCUT2D eigenvalue weighted by atomic mass is 10.1. The second kappa shape index (κ2) is 4.25. The number of hydrogen-bond acceptors (Lipinski definition) is 1. The van der Waals surface area contributed by atoms with Crippen molar-refractivity contribution >= 4 is 5.78 Å². The maximum atomic E-state index is 12.1. The highest BCUT2D eigenvalue weighted by atomic mass is 19.4. The van der Waals surface area contributed by atoms with Gasteiger partial charge < -0.3 is 0 Å². The molecule has 4 heteroatoms. The van der Waals surface area contributed by atoms with Crippen LogP contribution in [0.2, 0.25) is 0 Å². The Bertz CT molecular complexity index is 259. The Labute approximate surface area is 74.9 Å². The number of rotatable bonds is 2. The van der Waals surface area contributed by atoms with E-state index in [1.807, 2.05) is 0 Å². The quantitative estimate of drug-likeness (QED) is 0.485. The molecule has 0 unspecified atom stereocenters. The van der Waals surface area contributed by atoms with Gasteiger partial charge in [-0.2, -0.15) is 13.2 Å². The summed E-state index contributed by atoms with van der Waals surface area (Å²) in [4.78, 5) is 10.8. The third-order valence-corrected chi connectivity index (χ3v) is 1.54. The van der Waals surface area contributed by atoms with Crippen LogP contribution < -0.4 is 0 Å². The average Bonchev–Trinajstić information content (AvgIpc) is 1.96. The van der Waals surface area contributed by atoms with E-state index in [1.54, 1.807) is 6.92 Å². The topological polar surface area (TPSA) is 17.1 Å². The normalized spacial score (nSPS) is 14.6. The standard InChI is InChI=1S/C9H11F3O/c1-4-5-8(7(3)13)6(2)9(10,11)12/h4-5H,1-3H3/b5-4-,8-6-. The van der Waals surface area contributed by atoms with E-state index in [0.717, 1.165) is 13.8 Å². The minimum absolute atomic E-state index is 0.282. The van der Waals surface area contributed by atoms with Crippen molar-refractivity contribution in [2.75, 3.05) is 0 Å². The second-order valence-corrected chi connectivity index (χ2v) is 2.59. The predicted molar refractivity (Wildman–Crippen MR) is 44.3 cm³/mol. The van der Waals surface area contributed by atoms with E-state index >= 15 is 0 Å². The number of allylic oxidation sites excluding steroid dienone is 4. The molecule has 13 heavy (non-hydrogen) atoms. The number of carbonyl (C=O) groups excluding carboxylic acids is 1. The van der Waals surface area contributed by atoms with Crippen LogP contribution in [-0.2, 0) is 4.79 Å². The molecule has 0 N–H and O–H groups in total. The molecule has 0 aliphatic rings. The van der Waals surface area contributed by atoms with E-state index in [2.05, 4.69) is 0 Å². The highest BCUT2D eigenvalue weighted by molar-refractivity contribution is 5.96. The number of ketones is 1. The summed E-state index contributed by atoms with van der Waals surface area (Å²) in [7, 11) is 0. The van der Waals surface area contributed by atoms with Crippen molar-refractivity contribution in [3.8, 4) is 0 Å². The lowest BCUT2D eigenvalue weighted by Crippen LogP contribution is -2.13. The Morgan fingerprint density at radius 3 is 1.92 bits per heavy atom. The molecule has 0 bridgehead atoms. The van der Waals surface area contributed by atoms with Gasteiger partial charge in [-0.1, -0.05) is 12.2 Å². The van der Waals surface area contributed by atoms with Crippen LogP contribution in [0, 0.1) is 0 Å². The van der Waals surface area contributed by atoms with Gasteiger partial charge in [0.15, 0.2) is 5.78 Å². The molecule has 74 valence electrons. The van der Waals surface area contributed by atoms with Crippen molar-refractivity contribution in [2.45, 2.75) is 26.9 Å². The van der Waals surface area contributed by atoms with E-state index in [0.29, 0.717) is 0 Å². The molecule has 0 radical (unpaired) electrons. The van der Waals surface area contributed by atoms with Gasteiger partial charge in [-0.3, -0.25) is 4.79 Å². The molecule has 0 heterocycles. The summed E-state index contributed by atoms with van der Waals surface area (Å²) in [6.07, 6.45) is -1.85. The van der Waals surface area contributed by atoms with Gasteiger partial charge in [0.25, 0.3) is 0 Å². The molecule has 0 atom stereocenters. The van der Waals surface area contributed by atoms with E-state index in [-0.39, 0.29) is 5.57 Å². The maximum absolute atomic E-state index is 12.1. The molecule has 0 aliphatic carbocycles. The molecule has 0 saturated carbocycles. The highest BCUT2D eigenvalue weighted by Gasteiger charge is 2.32. The molecular weight excluding hydrogens is 181 g/mol. The minimum atomic E-state index is -4.43. The smallest absolute Gasteiger partial charge is 0.295 e. The van der Waals surface area contributed by atoms with Crippen molar-refractivity contribution in [3.63, 3.8) is 0 Å². The third kappa shape index (κ3) is 3.44. The number of hydrogen-bond donors (Lipinski definition) is 0. The summed E-state index contributed by atoms with van der Waals surface area (Å²) in [5.74, 6) is -0.576. The van der Waals surface area contributed by atoms with Crippen molar-refractivity contribution in [1.29, 1.82) is 0 Å². The van der Waals surface area contributed by atoms with Gasteiger partial charge in [-0.05, 0) is 20.8 Å². The van der Waals surface area contributed by atoms with Gasteiger partial charge in [0.2, 0.25) is 0 Å². The molecule has 0 spiro atoms. The first kappa shape index (κ1) is 11.9. The Morgan fingerprint density at radius 1 is 1.23 bits per heavy atom. The third-order valence-electron chi connectivity index (χ3n) is 1.54. The van der Waals surface area contributed by atoms with Gasteiger partial charge in [-0.25, -0.2) is 0 Å². The fraction of sp³-hybridized carbons (Fsp3) is 0.444. The van der Waals surface area contributed by atoms with Crippen LogP contribution in [-0.4, -0.2) is 12.0 Å². The monoisotopic (exact) mass is 192 g/mol. The molecule has 0 aromatic heterocycles. The van der Waals surface area contributed by atoms with E-state index in [9.17, 15) is 18.0 Å². The largest absolute Gasteiger partial charge is 0.413 e. The molecule has 0 saturated heterocycles. The summed E-state index contributed by atoms with van der Waals surface area (Å²) in [5, 5.41) is 0. The number of carbonyl (C=O) groups is 1. The summed E-state index contributed by atoms with van der Waals surface area (Å²) < 4.78 is 36.4. The molecule has 0 aromatic rings. The number of Topliss-reactive ketones (excluding diaryl/α,β-unsaturated/α-hetero) is 1. The molecule has 0 fully saturated rings. The van der Waals surface area contributed by atoms with Crippen LogP contribution in [0.5, 0.6) is 0 Å². The molecule has 0 aromatic carbocycles. The van der Waals surface area contributed by atoms with Gasteiger partial charge in [0.05, 0.1) is 0 Å². The number of halogens is 3. The van der Waals surface area contributed by atoms with Crippen LogP contribution in [0.4, 0.5) is 13.2 Å². The van der Waals surface area contributed by atoms with Gasteiger partial charge in [0.1, 0.15) is 0 Å². The zero-order valence-corrected chi connectivity index (χ0v) is 7.70. The van der Waals surface area contributed by atoms with E-state index in [1.165, 1.54) is 12.2 Å². The Kier molecular flexibility index (Phi) is 3.91. The predicted octanol–water partition coefficient (Wildman–Crippen LogP) is 3.03. The molecule has 1 nitrogen and oxygen atoms in total. The molecule has 0 aliphatic heterocycles. The van der Waals surface area contributed by atoms with E-state index in [4.69, 9.17) is 0 Å². The Morgan fingerprint density at radius 2 is 1.69 bits per heavy atom. The lowest BCUT2D eigenvalue weighted by molar-refractivity contribution is -0.115. The minimum Gasteiger partial charge on any atom is -0.295 e. The summed E-state index contributed by atoms with van der Waals surface area (Å²) in [5.41, 5.74) is -1.13. The molecular formula is C9H11F3O. The van der Waals surface area contributed by atoms with Crippen molar-refractivity contribution in [2.24, 2.45) is 0 Å². The SMILES string of the molecule is C/C=C\C(C(C)=O)=C(/C)C(F)(F)F. The van der Waals surface area contributed by atoms with Crippen LogP contribution >= 0.6 is 0 Å². The summed E-state index contributed by atoms with van der Waals surface area (Å²) in [6, 6.07) is 0. The van der Waals surface area contributed by atoms with Crippen molar-refractivity contribution in [3.05, 3.63) is 23.3 Å². The first-order valence-electron chi connectivity index (χ1n) is 3.72. The van der Waals surface area contributed by atoms with E-state index < -0.39 is 17.5 Å². The van der Waals surface area contributed by atoms with Gasteiger partial charge in [0, 0.05) is 11.1 Å². The fourth-order valence-electron chi connectivity index (χ4n) is 0.826. The Hall–Kier alpha value is -1.06. The zero-order valence-electron chi connectivity index (χ0n) is 7.70. The van der Waals surface area contributed by atoms with Crippen molar-refractivity contribution in [1.82, 2.24) is 0 Å². The Balaban J connectivity index is 5.22. The average molecular weight is 192 g/mol. The molecule has 0 amide bonds. The van der Waals surface area contributed by atoms with Gasteiger partial charge in [-0.15, -0.1) is 0 Å². The first-order valence-corrected chi connectivity index (χ1v) is 3.72. The van der Waals surface area contributed by atoms with Crippen molar-refractivity contribution < 1.29 is 18.0 Å². The second-order valence-electron chi connectivity index (χ2n) is 2.59.